The molecule has 1 aromatic heterocycles. The summed E-state index contributed by atoms with van der Waals surface area (Å²) < 4.78 is 26.4. The van der Waals surface area contributed by atoms with Gasteiger partial charge in [0.15, 0.2) is 11.6 Å². The minimum atomic E-state index is -1.10. The molecule has 4 N–H and O–H groups in total. The predicted molar refractivity (Wildman–Crippen MR) is 99.9 cm³/mol. The van der Waals surface area contributed by atoms with Gasteiger partial charge in [0.2, 0.25) is 5.91 Å². The van der Waals surface area contributed by atoms with Gasteiger partial charge in [0, 0.05) is 43.6 Å². The molecular weight excluding hydrogens is 380 g/mol. The second-order valence-corrected chi connectivity index (χ2v) is 7.78. The Kier molecular flexibility index (Phi) is 5.08. The molecule has 4 rings (SSSR count). The van der Waals surface area contributed by atoms with Gasteiger partial charge in [0.1, 0.15) is 17.3 Å². The number of nitrogens with two attached hydrogens (primary N) is 1. The van der Waals surface area contributed by atoms with E-state index < -0.39 is 23.6 Å². The number of carbonyl (C=O) groups excluding carboxylic acids is 2. The van der Waals surface area contributed by atoms with Crippen LogP contribution in [-0.4, -0.2) is 52.4 Å². The molecule has 1 spiro atoms. The lowest BCUT2D eigenvalue weighted by molar-refractivity contribution is -0.743. The molecule has 0 radical (unpaired) electrons. The summed E-state index contributed by atoms with van der Waals surface area (Å²) >= 11 is 0. The van der Waals surface area contributed by atoms with Crippen molar-refractivity contribution in [3.63, 3.8) is 0 Å². The highest BCUT2D eigenvalue weighted by molar-refractivity contribution is 5.97. The topological polar surface area (TPSA) is 94.7 Å². The van der Waals surface area contributed by atoms with E-state index in [9.17, 15) is 18.4 Å². The number of hydrogen-bond acceptors (Lipinski definition) is 3. The highest BCUT2D eigenvalue weighted by atomic mass is 19.2. The number of nitrogens with zero attached hydrogens (tertiary/aromatic N) is 2. The van der Waals surface area contributed by atoms with Crippen LogP contribution in [0.1, 0.15) is 41.5 Å². The van der Waals surface area contributed by atoms with Crippen molar-refractivity contribution in [3.05, 3.63) is 53.1 Å². The van der Waals surface area contributed by atoms with Gasteiger partial charge in [-0.25, -0.2) is 13.8 Å². The molecule has 2 aliphatic heterocycles. The van der Waals surface area contributed by atoms with Gasteiger partial charge >= 0.3 is 0 Å². The van der Waals surface area contributed by atoms with E-state index in [2.05, 4.69) is 20.6 Å². The summed E-state index contributed by atoms with van der Waals surface area (Å²) in [4.78, 5) is 34.5. The quantitative estimate of drug-likeness (QED) is 0.693. The third kappa shape index (κ3) is 3.62. The SMILES string of the molecule is C[C@H](NC(=O)c1ccc(F)c(F)c1)C(=O)N1CCC2(CC1)[NH2+]CCc1[nH]cnc12. The first kappa shape index (κ1) is 19.5. The first-order valence-corrected chi connectivity index (χ1v) is 9.81. The lowest BCUT2D eigenvalue weighted by Crippen LogP contribution is -2.97. The summed E-state index contributed by atoms with van der Waals surface area (Å²) in [7, 11) is 0. The summed E-state index contributed by atoms with van der Waals surface area (Å²) in [6, 6.07) is 2.15. The van der Waals surface area contributed by atoms with Crippen LogP contribution in [0, 0.1) is 11.6 Å². The maximum absolute atomic E-state index is 13.3. The number of rotatable bonds is 3. The number of nitrogens with one attached hydrogen (secondary N) is 2. The normalized spacial score (nSPS) is 18.9. The average Bonchev–Trinajstić information content (AvgIpc) is 3.20. The zero-order valence-corrected chi connectivity index (χ0v) is 16.2. The van der Waals surface area contributed by atoms with Crippen LogP contribution in [0.15, 0.2) is 24.5 Å². The van der Waals surface area contributed by atoms with Crippen LogP contribution in [0.2, 0.25) is 0 Å². The molecule has 2 aromatic rings. The van der Waals surface area contributed by atoms with Gasteiger partial charge in [-0.15, -0.1) is 0 Å². The van der Waals surface area contributed by atoms with E-state index in [1.165, 1.54) is 11.8 Å². The second kappa shape index (κ2) is 7.55. The molecule has 1 saturated heterocycles. The van der Waals surface area contributed by atoms with Gasteiger partial charge in [-0.1, -0.05) is 0 Å². The Morgan fingerprint density at radius 1 is 1.28 bits per heavy atom. The molecule has 0 bridgehead atoms. The minimum Gasteiger partial charge on any atom is -0.348 e. The van der Waals surface area contributed by atoms with Gasteiger partial charge in [-0.3, -0.25) is 9.59 Å². The van der Waals surface area contributed by atoms with Crippen LogP contribution >= 0.6 is 0 Å². The Hall–Kier alpha value is -2.81. The largest absolute Gasteiger partial charge is 0.348 e. The molecule has 3 heterocycles. The molecular formula is C20H24F2N5O2+. The molecule has 0 saturated carbocycles. The minimum absolute atomic E-state index is 0.0241. The molecule has 2 amide bonds. The van der Waals surface area contributed by atoms with Gasteiger partial charge in [0.05, 0.1) is 12.9 Å². The van der Waals surface area contributed by atoms with E-state index in [0.29, 0.717) is 13.1 Å². The van der Waals surface area contributed by atoms with Gasteiger partial charge < -0.3 is 20.5 Å². The Labute approximate surface area is 166 Å². The highest BCUT2D eigenvalue weighted by Gasteiger charge is 2.46. The van der Waals surface area contributed by atoms with Crippen LogP contribution in [0.25, 0.3) is 0 Å². The number of aromatic amines is 1. The van der Waals surface area contributed by atoms with E-state index in [1.807, 2.05) is 0 Å². The number of imidazole rings is 1. The molecule has 7 nitrogen and oxygen atoms in total. The second-order valence-electron chi connectivity index (χ2n) is 7.78. The number of quaternary nitrogens is 1. The molecule has 154 valence electrons. The number of aromatic nitrogens is 2. The van der Waals surface area contributed by atoms with Crippen LogP contribution in [0.5, 0.6) is 0 Å². The smallest absolute Gasteiger partial charge is 0.252 e. The highest BCUT2D eigenvalue weighted by Crippen LogP contribution is 2.31. The number of benzene rings is 1. The number of piperidine rings is 1. The molecule has 0 unspecified atom stereocenters. The fraction of sp³-hybridized carbons (Fsp3) is 0.450. The van der Waals surface area contributed by atoms with E-state index in [-0.39, 0.29) is 17.0 Å². The fourth-order valence-corrected chi connectivity index (χ4v) is 4.35. The third-order valence-electron chi connectivity index (χ3n) is 5.99. The van der Waals surface area contributed by atoms with E-state index in [1.54, 1.807) is 18.2 Å². The first-order chi connectivity index (χ1) is 13.9. The van der Waals surface area contributed by atoms with E-state index in [4.69, 9.17) is 0 Å². The number of H-pyrrole nitrogens is 1. The van der Waals surface area contributed by atoms with Crippen molar-refractivity contribution in [2.24, 2.45) is 0 Å². The monoisotopic (exact) mass is 404 g/mol. The van der Waals surface area contributed by atoms with Crippen LogP contribution in [0.3, 0.4) is 0 Å². The summed E-state index contributed by atoms with van der Waals surface area (Å²) in [5.74, 6) is -2.92. The van der Waals surface area contributed by atoms with Crippen molar-refractivity contribution < 1.29 is 23.7 Å². The summed E-state index contributed by atoms with van der Waals surface area (Å²) in [6.07, 6.45) is 4.28. The number of fused-ring (bicyclic) bond motifs is 2. The Morgan fingerprint density at radius 2 is 2.03 bits per heavy atom. The Morgan fingerprint density at radius 3 is 2.76 bits per heavy atom. The van der Waals surface area contributed by atoms with Crippen molar-refractivity contribution in [2.45, 2.75) is 37.8 Å². The molecule has 2 aliphatic rings. The zero-order chi connectivity index (χ0) is 20.6. The summed E-state index contributed by atoms with van der Waals surface area (Å²) in [5, 5.41) is 4.90. The standard InChI is InChI=1S/C20H23F2N5O2/c1-12(26-18(28)13-2-3-14(21)15(22)10-13)19(29)27-8-5-20(6-9-27)17-16(4-7-25-20)23-11-24-17/h2-3,10-12,25H,4-9H2,1H3,(H,23,24)(H,26,28)/p+1/t12-/m0/s1. The van der Waals surface area contributed by atoms with Gasteiger partial charge in [-0.2, -0.15) is 0 Å². The van der Waals surface area contributed by atoms with Crippen LogP contribution in [0.4, 0.5) is 8.78 Å². The van der Waals surface area contributed by atoms with Gasteiger partial charge in [-0.05, 0) is 25.1 Å². The van der Waals surface area contributed by atoms with E-state index in [0.717, 1.165) is 43.6 Å². The van der Waals surface area contributed by atoms with Crippen molar-refractivity contribution in [2.75, 3.05) is 19.6 Å². The maximum Gasteiger partial charge on any atom is 0.252 e. The number of likely N-dealkylation sites (tertiary alicyclic amines) is 1. The van der Waals surface area contributed by atoms with Crippen molar-refractivity contribution in [1.29, 1.82) is 0 Å². The van der Waals surface area contributed by atoms with Crippen LogP contribution < -0.4 is 10.6 Å². The number of hydrogen-bond donors (Lipinski definition) is 3. The first-order valence-electron chi connectivity index (χ1n) is 9.81. The lowest BCUT2D eigenvalue weighted by Gasteiger charge is -2.41. The molecule has 29 heavy (non-hydrogen) atoms. The van der Waals surface area contributed by atoms with E-state index >= 15 is 0 Å². The predicted octanol–water partition coefficient (Wildman–Crippen LogP) is 0.444. The maximum atomic E-state index is 13.3. The molecule has 1 fully saturated rings. The number of halogens is 2. The Bertz CT molecular complexity index is 937. The molecule has 1 atom stereocenters. The summed E-state index contributed by atoms with van der Waals surface area (Å²) in [5.41, 5.74) is 2.15. The molecule has 1 aromatic carbocycles. The van der Waals surface area contributed by atoms with Crippen LogP contribution in [-0.2, 0) is 16.8 Å². The average molecular weight is 404 g/mol. The fourth-order valence-electron chi connectivity index (χ4n) is 4.35. The number of amides is 2. The molecule has 0 aliphatic carbocycles. The summed E-state index contributed by atoms with van der Waals surface area (Å²) in [6.45, 7) is 3.74. The van der Waals surface area contributed by atoms with Crippen molar-refractivity contribution >= 4 is 11.8 Å². The number of carbonyl (C=O) groups is 2. The lowest BCUT2D eigenvalue weighted by atomic mass is 9.80. The Balaban J connectivity index is 1.37. The zero-order valence-electron chi connectivity index (χ0n) is 16.2. The van der Waals surface area contributed by atoms with Crippen molar-refractivity contribution in [3.8, 4) is 0 Å². The van der Waals surface area contributed by atoms with Crippen molar-refractivity contribution in [1.82, 2.24) is 20.2 Å². The third-order valence-corrected chi connectivity index (χ3v) is 5.99. The molecule has 9 heteroatoms. The van der Waals surface area contributed by atoms with Gasteiger partial charge in [0.25, 0.3) is 5.91 Å².